The Morgan fingerprint density at radius 2 is 1.77 bits per heavy atom. The van der Waals surface area contributed by atoms with E-state index in [9.17, 15) is 9.59 Å². The van der Waals surface area contributed by atoms with Crippen LogP contribution in [0.15, 0.2) is 30.3 Å². The smallest absolute Gasteiger partial charge is 0.409 e. The number of carbonyl (C=O) groups is 2. The third kappa shape index (κ3) is 4.22. The molecular formula is C25H35N3O3. The number of nitrogens with zero attached hydrogens (tertiary/aromatic N) is 3. The highest BCUT2D eigenvalue weighted by Crippen LogP contribution is 2.46. The SMILES string of the molecule is CCOC(=O)N1CCC(N2CCC3(CC=C(C(=O)N(C)C)c4ccccc43)CC2)CC1. The lowest BCUT2D eigenvalue weighted by Crippen LogP contribution is -2.52. The predicted octanol–water partition coefficient (Wildman–Crippen LogP) is 3.52. The van der Waals surface area contributed by atoms with Gasteiger partial charge in [-0.05, 0) is 63.2 Å². The van der Waals surface area contributed by atoms with Crippen molar-refractivity contribution in [3.05, 3.63) is 41.5 Å². The van der Waals surface area contributed by atoms with Crippen molar-refractivity contribution in [3.63, 3.8) is 0 Å². The van der Waals surface area contributed by atoms with Crippen LogP contribution < -0.4 is 0 Å². The highest BCUT2D eigenvalue weighted by Gasteiger charge is 2.42. The second-order valence-corrected chi connectivity index (χ2v) is 9.30. The Labute approximate surface area is 185 Å². The maximum absolute atomic E-state index is 12.7. The molecule has 3 aliphatic rings. The number of carbonyl (C=O) groups excluding carboxylic acids is 2. The number of likely N-dealkylation sites (tertiary alicyclic amines) is 2. The second-order valence-electron chi connectivity index (χ2n) is 9.30. The van der Waals surface area contributed by atoms with Crippen LogP contribution in [0, 0.1) is 0 Å². The van der Waals surface area contributed by atoms with Crippen molar-refractivity contribution in [1.29, 1.82) is 0 Å². The quantitative estimate of drug-likeness (QED) is 0.744. The largest absolute Gasteiger partial charge is 0.450 e. The van der Waals surface area contributed by atoms with Gasteiger partial charge in [0.15, 0.2) is 0 Å². The molecule has 2 amide bonds. The zero-order valence-corrected chi connectivity index (χ0v) is 19.1. The van der Waals surface area contributed by atoms with E-state index >= 15 is 0 Å². The summed E-state index contributed by atoms with van der Waals surface area (Å²) in [5.74, 6) is 0.0908. The summed E-state index contributed by atoms with van der Waals surface area (Å²) in [7, 11) is 3.64. The number of ether oxygens (including phenoxy) is 1. The summed E-state index contributed by atoms with van der Waals surface area (Å²) in [5, 5.41) is 0. The molecule has 1 aromatic carbocycles. The zero-order valence-electron chi connectivity index (χ0n) is 19.1. The summed E-state index contributed by atoms with van der Waals surface area (Å²) in [6.45, 7) is 6.00. The fraction of sp³-hybridized carbons (Fsp3) is 0.600. The number of benzene rings is 1. The van der Waals surface area contributed by atoms with Gasteiger partial charge in [-0.15, -0.1) is 0 Å². The van der Waals surface area contributed by atoms with Gasteiger partial charge in [-0.25, -0.2) is 4.79 Å². The van der Waals surface area contributed by atoms with E-state index < -0.39 is 0 Å². The van der Waals surface area contributed by atoms with Crippen molar-refractivity contribution < 1.29 is 14.3 Å². The molecule has 2 heterocycles. The fourth-order valence-corrected chi connectivity index (χ4v) is 5.56. The maximum atomic E-state index is 12.7. The molecule has 6 nitrogen and oxygen atoms in total. The van der Waals surface area contributed by atoms with Crippen molar-refractivity contribution in [2.24, 2.45) is 0 Å². The number of hydrogen-bond donors (Lipinski definition) is 0. The molecule has 0 unspecified atom stereocenters. The predicted molar refractivity (Wildman–Crippen MR) is 122 cm³/mol. The van der Waals surface area contributed by atoms with Gasteiger partial charge in [0.1, 0.15) is 0 Å². The minimum atomic E-state index is -0.174. The monoisotopic (exact) mass is 425 g/mol. The zero-order chi connectivity index (χ0) is 22.0. The van der Waals surface area contributed by atoms with Crippen LogP contribution in [0.4, 0.5) is 4.79 Å². The molecule has 0 N–H and O–H groups in total. The average molecular weight is 426 g/mol. The first-order valence-electron chi connectivity index (χ1n) is 11.6. The van der Waals surface area contributed by atoms with Crippen LogP contribution >= 0.6 is 0 Å². The first-order valence-corrected chi connectivity index (χ1v) is 11.6. The molecule has 1 spiro atoms. The molecule has 0 aromatic heterocycles. The molecule has 4 rings (SSSR count). The molecule has 2 saturated heterocycles. The van der Waals surface area contributed by atoms with E-state index in [0.717, 1.165) is 69.4 Å². The molecule has 1 aliphatic carbocycles. The van der Waals surface area contributed by atoms with Crippen molar-refractivity contribution in [2.45, 2.75) is 50.5 Å². The lowest BCUT2D eigenvalue weighted by Gasteiger charge is -2.48. The average Bonchev–Trinajstić information content (AvgIpc) is 2.80. The highest BCUT2D eigenvalue weighted by molar-refractivity contribution is 6.20. The van der Waals surface area contributed by atoms with Crippen LogP contribution in [0.5, 0.6) is 0 Å². The van der Waals surface area contributed by atoms with Crippen LogP contribution in [-0.4, -0.2) is 79.6 Å². The molecule has 31 heavy (non-hydrogen) atoms. The van der Waals surface area contributed by atoms with Crippen molar-refractivity contribution in [1.82, 2.24) is 14.7 Å². The Hall–Kier alpha value is -2.34. The molecule has 0 saturated carbocycles. The highest BCUT2D eigenvalue weighted by atomic mass is 16.6. The van der Waals surface area contributed by atoms with Gasteiger partial charge in [0.2, 0.25) is 0 Å². The third-order valence-corrected chi connectivity index (χ3v) is 7.38. The lowest BCUT2D eigenvalue weighted by atomic mass is 9.65. The van der Waals surface area contributed by atoms with Crippen LogP contribution in [0.3, 0.4) is 0 Å². The van der Waals surface area contributed by atoms with Gasteiger partial charge < -0.3 is 19.4 Å². The maximum Gasteiger partial charge on any atom is 0.409 e. The Kier molecular flexibility index (Phi) is 6.37. The van der Waals surface area contributed by atoms with E-state index in [4.69, 9.17) is 4.74 Å². The first-order chi connectivity index (χ1) is 14.9. The molecule has 2 fully saturated rings. The normalized spacial score (nSPS) is 21.4. The number of likely N-dealkylation sites (N-methyl/N-ethyl adjacent to an activating group) is 1. The number of piperidine rings is 2. The first kappa shape index (κ1) is 21.9. The molecule has 6 heteroatoms. The third-order valence-electron chi connectivity index (χ3n) is 7.38. The van der Waals surface area contributed by atoms with Crippen LogP contribution in [0.2, 0.25) is 0 Å². The van der Waals surface area contributed by atoms with E-state index in [1.54, 1.807) is 4.90 Å². The van der Waals surface area contributed by atoms with Crippen LogP contribution in [0.25, 0.3) is 5.57 Å². The van der Waals surface area contributed by atoms with E-state index in [1.165, 1.54) is 5.56 Å². The molecule has 0 bridgehead atoms. The van der Waals surface area contributed by atoms with Gasteiger partial charge in [-0.1, -0.05) is 30.3 Å². The number of rotatable bonds is 3. The Balaban J connectivity index is 1.42. The van der Waals surface area contributed by atoms with Crippen molar-refractivity contribution in [3.8, 4) is 0 Å². The van der Waals surface area contributed by atoms with Gasteiger partial charge in [0, 0.05) is 44.2 Å². The topological polar surface area (TPSA) is 53.1 Å². The summed E-state index contributed by atoms with van der Waals surface area (Å²) in [4.78, 5) is 30.8. The summed E-state index contributed by atoms with van der Waals surface area (Å²) in [6.07, 6.45) is 7.20. The van der Waals surface area contributed by atoms with E-state index in [-0.39, 0.29) is 17.4 Å². The van der Waals surface area contributed by atoms with E-state index in [0.29, 0.717) is 12.6 Å². The summed E-state index contributed by atoms with van der Waals surface area (Å²) in [5.41, 5.74) is 3.44. The fourth-order valence-electron chi connectivity index (χ4n) is 5.56. The summed E-state index contributed by atoms with van der Waals surface area (Å²) < 4.78 is 5.15. The molecule has 0 radical (unpaired) electrons. The van der Waals surface area contributed by atoms with Crippen molar-refractivity contribution in [2.75, 3.05) is 46.9 Å². The lowest BCUT2D eigenvalue weighted by molar-refractivity contribution is -0.122. The second kappa shape index (κ2) is 9.03. The number of fused-ring (bicyclic) bond motifs is 2. The van der Waals surface area contributed by atoms with Crippen molar-refractivity contribution >= 4 is 17.6 Å². The van der Waals surface area contributed by atoms with Gasteiger partial charge in [0.25, 0.3) is 5.91 Å². The van der Waals surface area contributed by atoms with Crippen LogP contribution in [0.1, 0.15) is 50.2 Å². The van der Waals surface area contributed by atoms with Gasteiger partial charge >= 0.3 is 6.09 Å². The van der Waals surface area contributed by atoms with E-state index in [2.05, 4.69) is 29.2 Å². The van der Waals surface area contributed by atoms with Crippen LogP contribution in [-0.2, 0) is 14.9 Å². The minimum Gasteiger partial charge on any atom is -0.450 e. The Morgan fingerprint density at radius 3 is 2.42 bits per heavy atom. The summed E-state index contributed by atoms with van der Waals surface area (Å²) in [6, 6.07) is 9.05. The summed E-state index contributed by atoms with van der Waals surface area (Å²) >= 11 is 0. The van der Waals surface area contributed by atoms with Gasteiger partial charge in [0.05, 0.1) is 6.61 Å². The molecule has 168 valence electrons. The number of amides is 2. The Morgan fingerprint density at radius 1 is 1.10 bits per heavy atom. The molecule has 2 aliphatic heterocycles. The molecule has 1 aromatic rings. The molecule has 0 atom stereocenters. The molecular weight excluding hydrogens is 390 g/mol. The van der Waals surface area contributed by atoms with Gasteiger partial charge in [-0.3, -0.25) is 4.79 Å². The van der Waals surface area contributed by atoms with Gasteiger partial charge in [-0.2, -0.15) is 0 Å². The number of hydrogen-bond acceptors (Lipinski definition) is 4. The minimum absolute atomic E-state index is 0.0908. The standard InChI is InChI=1S/C25H35N3O3/c1-4-31-24(30)28-15-10-19(11-16-28)27-17-13-25(14-18-27)12-9-21(23(29)26(2)3)20-7-5-6-8-22(20)25/h5-9,19H,4,10-18H2,1-3H3. The van der Waals surface area contributed by atoms with E-state index in [1.807, 2.05) is 32.0 Å². The number of allylic oxidation sites excluding steroid dienone is 1. The Bertz CT molecular complexity index is 847.